The molecule has 3 heterocycles. The van der Waals surface area contributed by atoms with Gasteiger partial charge in [0, 0.05) is 23.3 Å². The van der Waals surface area contributed by atoms with E-state index in [2.05, 4.69) is 24.8 Å². The van der Waals surface area contributed by atoms with Gasteiger partial charge in [-0.1, -0.05) is 0 Å². The zero-order chi connectivity index (χ0) is 23.5. The molecule has 2 N–H and O–H groups in total. The highest BCUT2D eigenvalue weighted by Gasteiger charge is 2.35. The van der Waals surface area contributed by atoms with Crippen molar-refractivity contribution < 1.29 is 26.3 Å². The molecular weight excluding hydrogens is 461 g/mol. The summed E-state index contributed by atoms with van der Waals surface area (Å²) in [6, 6.07) is 7.49. The van der Waals surface area contributed by atoms with E-state index >= 15 is 0 Å². The quantitative estimate of drug-likeness (QED) is 0.371. The number of pyridine rings is 1. The predicted octanol–water partition coefficient (Wildman–Crippen LogP) is 3.58. The van der Waals surface area contributed by atoms with Gasteiger partial charge in [0.15, 0.2) is 0 Å². The molecule has 0 spiro atoms. The van der Waals surface area contributed by atoms with Crippen LogP contribution < -0.4 is 9.46 Å². The van der Waals surface area contributed by atoms with Crippen LogP contribution in [0, 0.1) is 0 Å². The van der Waals surface area contributed by atoms with Crippen molar-refractivity contribution in [1.82, 2.24) is 25.1 Å². The summed E-state index contributed by atoms with van der Waals surface area (Å²) in [6.45, 7) is 0.115. The number of alkyl halides is 3. The summed E-state index contributed by atoms with van der Waals surface area (Å²) in [5.41, 5.74) is -0.807. The van der Waals surface area contributed by atoms with Gasteiger partial charge >= 0.3 is 6.18 Å². The Hall–Kier alpha value is -3.74. The van der Waals surface area contributed by atoms with Gasteiger partial charge in [0.1, 0.15) is 17.8 Å². The average Bonchev–Trinajstić information content (AvgIpc) is 3.26. The number of halogens is 3. The highest BCUT2D eigenvalue weighted by Crippen LogP contribution is 2.31. The molecule has 0 saturated heterocycles. The molecule has 0 saturated carbocycles. The van der Waals surface area contributed by atoms with Crippen LogP contribution >= 0.6 is 0 Å². The van der Waals surface area contributed by atoms with Crippen molar-refractivity contribution in [3.63, 3.8) is 0 Å². The van der Waals surface area contributed by atoms with E-state index in [1.807, 2.05) is 5.10 Å². The third-order valence-electron chi connectivity index (χ3n) is 4.66. The summed E-state index contributed by atoms with van der Waals surface area (Å²) in [4.78, 5) is 11.8. The monoisotopic (exact) mass is 478 g/mol. The van der Waals surface area contributed by atoms with Gasteiger partial charge in [0.2, 0.25) is 5.88 Å². The minimum Gasteiger partial charge on any atom is -0.477 e. The van der Waals surface area contributed by atoms with E-state index in [0.29, 0.717) is 17.2 Å². The minimum atomic E-state index is -4.50. The second-order valence-corrected chi connectivity index (χ2v) is 8.60. The Morgan fingerprint density at radius 3 is 2.70 bits per heavy atom. The molecule has 4 aromatic rings. The lowest BCUT2D eigenvalue weighted by atomic mass is 10.1. The summed E-state index contributed by atoms with van der Waals surface area (Å²) in [5, 5.41) is 6.57. The molecule has 0 aliphatic carbocycles. The van der Waals surface area contributed by atoms with Gasteiger partial charge in [-0.25, -0.2) is 23.4 Å². The van der Waals surface area contributed by atoms with Crippen molar-refractivity contribution in [1.29, 1.82) is 0 Å². The Labute approximate surface area is 186 Å². The molecule has 1 aromatic carbocycles. The molecule has 33 heavy (non-hydrogen) atoms. The number of hydrogen-bond donors (Lipinski definition) is 2. The Kier molecular flexibility index (Phi) is 6.14. The molecule has 0 unspecified atom stereocenters. The third-order valence-corrected chi connectivity index (χ3v) is 6.01. The number of sulfonamides is 1. The van der Waals surface area contributed by atoms with E-state index < -0.39 is 21.9 Å². The van der Waals surface area contributed by atoms with E-state index in [0.717, 1.165) is 6.20 Å². The summed E-state index contributed by atoms with van der Waals surface area (Å²) in [6.07, 6.45) is 1.18. The van der Waals surface area contributed by atoms with E-state index in [1.54, 1.807) is 12.1 Å². The predicted molar refractivity (Wildman–Crippen MR) is 112 cm³/mol. The number of nitrogens with zero attached hydrogens (tertiary/aromatic N) is 4. The van der Waals surface area contributed by atoms with Crippen molar-refractivity contribution in [3.8, 4) is 5.88 Å². The van der Waals surface area contributed by atoms with Crippen molar-refractivity contribution in [2.45, 2.75) is 23.9 Å². The third kappa shape index (κ3) is 5.19. The molecule has 172 valence electrons. The van der Waals surface area contributed by atoms with Crippen molar-refractivity contribution in [3.05, 3.63) is 66.5 Å². The minimum absolute atomic E-state index is 0.0189. The smallest absolute Gasteiger partial charge is 0.433 e. The van der Waals surface area contributed by atoms with Crippen LogP contribution in [0.25, 0.3) is 10.8 Å². The number of rotatable bonds is 8. The van der Waals surface area contributed by atoms with Crippen LogP contribution in [0.3, 0.4) is 0 Å². The summed E-state index contributed by atoms with van der Waals surface area (Å²) < 4.78 is 72.0. The fourth-order valence-electron chi connectivity index (χ4n) is 3.14. The molecule has 0 amide bonds. The van der Waals surface area contributed by atoms with E-state index in [-0.39, 0.29) is 35.2 Å². The second-order valence-electron chi connectivity index (χ2n) is 6.92. The zero-order valence-corrected chi connectivity index (χ0v) is 17.7. The molecule has 3 aromatic heterocycles. The SMILES string of the molecule is O=S(=O)(Nc1ccncn1)c1ccc2c(OCCCc3cn[nH]c3C(F)(F)F)nccc2c1. The first-order valence-corrected chi connectivity index (χ1v) is 11.1. The van der Waals surface area contributed by atoms with E-state index in [4.69, 9.17) is 4.74 Å². The van der Waals surface area contributed by atoms with Crippen molar-refractivity contribution in [2.75, 3.05) is 11.3 Å². The summed E-state index contributed by atoms with van der Waals surface area (Å²) in [7, 11) is -3.88. The van der Waals surface area contributed by atoms with Gasteiger partial charge in [-0.2, -0.15) is 18.3 Å². The zero-order valence-electron chi connectivity index (χ0n) is 16.9. The fourth-order valence-corrected chi connectivity index (χ4v) is 4.18. The van der Waals surface area contributed by atoms with E-state index in [1.165, 1.54) is 36.9 Å². The summed E-state index contributed by atoms with van der Waals surface area (Å²) in [5.74, 6) is 0.388. The highest BCUT2D eigenvalue weighted by molar-refractivity contribution is 7.92. The first-order valence-electron chi connectivity index (χ1n) is 9.64. The topological polar surface area (TPSA) is 123 Å². The number of hydrogen-bond acceptors (Lipinski definition) is 7. The lowest BCUT2D eigenvalue weighted by Crippen LogP contribution is -2.14. The van der Waals surface area contributed by atoms with Gasteiger partial charge in [-0.15, -0.1) is 0 Å². The van der Waals surface area contributed by atoms with Gasteiger partial charge in [0.05, 0.1) is 17.7 Å². The Bertz CT molecular complexity index is 1360. The number of nitrogens with one attached hydrogen (secondary N) is 2. The molecule has 0 atom stereocenters. The first-order chi connectivity index (χ1) is 15.7. The lowest BCUT2D eigenvalue weighted by Gasteiger charge is -2.11. The summed E-state index contributed by atoms with van der Waals surface area (Å²) >= 11 is 0. The van der Waals surface area contributed by atoms with Crippen LogP contribution in [0.2, 0.25) is 0 Å². The maximum Gasteiger partial charge on any atom is 0.433 e. The Balaban J connectivity index is 1.45. The molecule has 0 aliphatic rings. The molecule has 13 heteroatoms. The van der Waals surface area contributed by atoms with Gasteiger partial charge in [-0.3, -0.25) is 9.82 Å². The number of aromatic nitrogens is 5. The molecule has 4 rings (SSSR count). The number of anilines is 1. The Morgan fingerprint density at radius 1 is 1.09 bits per heavy atom. The number of aryl methyl sites for hydroxylation is 1. The normalized spacial score (nSPS) is 12.1. The van der Waals surface area contributed by atoms with Crippen LogP contribution in [-0.2, 0) is 22.6 Å². The fraction of sp³-hybridized carbons (Fsp3) is 0.200. The molecular formula is C20H17F3N6O3S. The van der Waals surface area contributed by atoms with E-state index in [9.17, 15) is 21.6 Å². The van der Waals surface area contributed by atoms with Gasteiger partial charge in [-0.05, 0) is 48.6 Å². The molecule has 0 aliphatic heterocycles. The highest BCUT2D eigenvalue weighted by atomic mass is 32.2. The largest absolute Gasteiger partial charge is 0.477 e. The van der Waals surface area contributed by atoms with Gasteiger partial charge < -0.3 is 4.74 Å². The maximum atomic E-state index is 12.9. The first kappa shape index (κ1) is 22.5. The van der Waals surface area contributed by atoms with Crippen molar-refractivity contribution in [2.24, 2.45) is 0 Å². The Morgan fingerprint density at radius 2 is 1.94 bits per heavy atom. The van der Waals surface area contributed by atoms with Crippen LogP contribution in [0.4, 0.5) is 19.0 Å². The van der Waals surface area contributed by atoms with Crippen LogP contribution in [0.5, 0.6) is 5.88 Å². The number of ether oxygens (including phenoxy) is 1. The average molecular weight is 478 g/mol. The molecule has 0 fully saturated rings. The molecule has 0 bridgehead atoms. The van der Waals surface area contributed by atoms with Crippen LogP contribution in [0.1, 0.15) is 17.7 Å². The molecule has 9 nitrogen and oxygen atoms in total. The van der Waals surface area contributed by atoms with Crippen LogP contribution in [-0.4, -0.2) is 40.2 Å². The number of fused-ring (bicyclic) bond motifs is 1. The van der Waals surface area contributed by atoms with Gasteiger partial charge in [0.25, 0.3) is 10.0 Å². The lowest BCUT2D eigenvalue weighted by molar-refractivity contribution is -0.141. The van der Waals surface area contributed by atoms with Crippen LogP contribution in [0.15, 0.2) is 60.1 Å². The number of aromatic amines is 1. The van der Waals surface area contributed by atoms with Crippen molar-refractivity contribution >= 4 is 26.6 Å². The number of H-pyrrole nitrogens is 1. The second kappa shape index (κ2) is 9.02. The number of benzene rings is 1. The molecule has 0 radical (unpaired) electrons. The maximum absolute atomic E-state index is 12.9. The standard InChI is InChI=1S/C20H17F3N6O3S/c21-20(22,23)18-14(11-27-28-18)2-1-9-32-19-16-4-3-15(10-13(16)5-8-25-19)33(30,31)29-17-6-7-24-12-26-17/h3-8,10-12H,1-2,9H2,(H,27,28)(H,24,26,29).